The standard InChI is InChI=1S/C15H23N3O/c16-15(19)18-11-10-17-14-8-6-13(7-9-14)12-4-2-1-3-5-12/h1-5,13-14,17H,6-11H2,(H3,16,18,19). The lowest BCUT2D eigenvalue weighted by atomic mass is 9.82. The zero-order chi connectivity index (χ0) is 13.5. The smallest absolute Gasteiger partial charge is 0.312 e. The van der Waals surface area contributed by atoms with E-state index in [1.54, 1.807) is 0 Å². The monoisotopic (exact) mass is 261 g/mol. The molecular formula is C15H23N3O. The van der Waals surface area contributed by atoms with Crippen LogP contribution >= 0.6 is 0 Å². The Kier molecular flexibility index (Phi) is 5.21. The summed E-state index contributed by atoms with van der Waals surface area (Å²) in [6, 6.07) is 10.9. The Morgan fingerprint density at radius 2 is 1.79 bits per heavy atom. The van der Waals surface area contributed by atoms with Crippen LogP contribution in [0.4, 0.5) is 4.79 Å². The minimum Gasteiger partial charge on any atom is -0.352 e. The Labute approximate surface area is 114 Å². The molecule has 0 aromatic heterocycles. The minimum atomic E-state index is -0.449. The highest BCUT2D eigenvalue weighted by Crippen LogP contribution is 2.32. The summed E-state index contributed by atoms with van der Waals surface area (Å²) >= 11 is 0. The zero-order valence-corrected chi connectivity index (χ0v) is 11.3. The number of rotatable bonds is 5. The molecule has 1 aromatic rings. The van der Waals surface area contributed by atoms with Gasteiger partial charge in [-0.2, -0.15) is 0 Å². The van der Waals surface area contributed by atoms with Crippen LogP contribution in [0.25, 0.3) is 0 Å². The summed E-state index contributed by atoms with van der Waals surface area (Å²) in [5.41, 5.74) is 6.49. The summed E-state index contributed by atoms with van der Waals surface area (Å²) in [6.45, 7) is 1.40. The second-order valence-corrected chi connectivity index (χ2v) is 5.20. The van der Waals surface area contributed by atoms with Gasteiger partial charge in [0.15, 0.2) is 0 Å². The fraction of sp³-hybridized carbons (Fsp3) is 0.533. The predicted molar refractivity (Wildman–Crippen MR) is 77.0 cm³/mol. The van der Waals surface area contributed by atoms with Crippen molar-refractivity contribution in [3.8, 4) is 0 Å². The molecule has 0 saturated heterocycles. The van der Waals surface area contributed by atoms with Gasteiger partial charge in [0.1, 0.15) is 0 Å². The molecule has 1 aromatic carbocycles. The third-order valence-corrected chi connectivity index (χ3v) is 3.86. The van der Waals surface area contributed by atoms with Gasteiger partial charge in [-0.3, -0.25) is 0 Å². The molecule has 4 nitrogen and oxygen atoms in total. The first-order valence-corrected chi connectivity index (χ1v) is 7.07. The molecule has 19 heavy (non-hydrogen) atoms. The number of urea groups is 1. The van der Waals surface area contributed by atoms with Crippen LogP contribution < -0.4 is 16.4 Å². The van der Waals surface area contributed by atoms with Gasteiger partial charge >= 0.3 is 6.03 Å². The van der Waals surface area contributed by atoms with Gasteiger partial charge in [-0.25, -0.2) is 4.79 Å². The Morgan fingerprint density at radius 3 is 2.42 bits per heavy atom. The molecule has 2 amide bonds. The second kappa shape index (κ2) is 7.14. The van der Waals surface area contributed by atoms with Crippen LogP contribution in [0.3, 0.4) is 0 Å². The van der Waals surface area contributed by atoms with E-state index in [0.29, 0.717) is 18.5 Å². The first-order chi connectivity index (χ1) is 9.25. The molecular weight excluding hydrogens is 238 g/mol. The van der Waals surface area contributed by atoms with Gasteiger partial charge in [0.05, 0.1) is 0 Å². The average Bonchev–Trinajstić information content (AvgIpc) is 2.45. The van der Waals surface area contributed by atoms with E-state index in [0.717, 1.165) is 6.54 Å². The number of carbonyl (C=O) groups excluding carboxylic acids is 1. The van der Waals surface area contributed by atoms with E-state index >= 15 is 0 Å². The van der Waals surface area contributed by atoms with Crippen molar-refractivity contribution in [2.24, 2.45) is 5.73 Å². The lowest BCUT2D eigenvalue weighted by Crippen LogP contribution is -2.40. The fourth-order valence-electron chi connectivity index (χ4n) is 2.82. The van der Waals surface area contributed by atoms with Gasteiger partial charge in [-0.1, -0.05) is 30.3 Å². The molecule has 0 spiro atoms. The van der Waals surface area contributed by atoms with Crippen LogP contribution in [-0.4, -0.2) is 25.2 Å². The van der Waals surface area contributed by atoms with Crippen molar-refractivity contribution < 1.29 is 4.79 Å². The van der Waals surface area contributed by atoms with Gasteiger partial charge in [0.25, 0.3) is 0 Å². The van der Waals surface area contributed by atoms with Crippen molar-refractivity contribution in [3.05, 3.63) is 35.9 Å². The van der Waals surface area contributed by atoms with E-state index < -0.39 is 6.03 Å². The highest BCUT2D eigenvalue weighted by Gasteiger charge is 2.21. The van der Waals surface area contributed by atoms with Gasteiger partial charge in [-0.05, 0) is 37.2 Å². The highest BCUT2D eigenvalue weighted by atomic mass is 16.2. The number of benzene rings is 1. The van der Waals surface area contributed by atoms with E-state index in [4.69, 9.17) is 5.73 Å². The Balaban J connectivity index is 1.67. The lowest BCUT2D eigenvalue weighted by Gasteiger charge is -2.29. The zero-order valence-electron chi connectivity index (χ0n) is 11.3. The predicted octanol–water partition coefficient (Wildman–Crippen LogP) is 1.97. The molecule has 4 heteroatoms. The summed E-state index contributed by atoms with van der Waals surface area (Å²) in [4.78, 5) is 10.5. The van der Waals surface area contributed by atoms with Crippen molar-refractivity contribution in [3.63, 3.8) is 0 Å². The van der Waals surface area contributed by atoms with E-state index in [-0.39, 0.29) is 0 Å². The van der Waals surface area contributed by atoms with Crippen molar-refractivity contribution in [2.45, 2.75) is 37.6 Å². The second-order valence-electron chi connectivity index (χ2n) is 5.20. The summed E-state index contributed by atoms with van der Waals surface area (Å²) in [6.07, 6.45) is 4.89. The highest BCUT2D eigenvalue weighted by molar-refractivity contribution is 5.71. The number of hydrogen-bond donors (Lipinski definition) is 3. The largest absolute Gasteiger partial charge is 0.352 e. The van der Waals surface area contributed by atoms with Crippen LogP contribution in [0.2, 0.25) is 0 Å². The molecule has 2 rings (SSSR count). The Hall–Kier alpha value is -1.55. The Morgan fingerprint density at radius 1 is 1.11 bits per heavy atom. The van der Waals surface area contributed by atoms with E-state index in [2.05, 4.69) is 41.0 Å². The minimum absolute atomic E-state index is 0.449. The number of carbonyl (C=O) groups is 1. The molecule has 1 aliphatic rings. The molecule has 1 aliphatic carbocycles. The lowest BCUT2D eigenvalue weighted by molar-refractivity contribution is 0.248. The first-order valence-electron chi connectivity index (χ1n) is 7.07. The van der Waals surface area contributed by atoms with Crippen LogP contribution in [0.5, 0.6) is 0 Å². The maximum atomic E-state index is 10.5. The van der Waals surface area contributed by atoms with Gasteiger partial charge < -0.3 is 16.4 Å². The van der Waals surface area contributed by atoms with Crippen LogP contribution in [0.15, 0.2) is 30.3 Å². The maximum Gasteiger partial charge on any atom is 0.312 e. The van der Waals surface area contributed by atoms with Crippen molar-refractivity contribution >= 4 is 6.03 Å². The quantitative estimate of drug-likeness (QED) is 0.709. The molecule has 0 aliphatic heterocycles. The third kappa shape index (κ3) is 4.56. The summed E-state index contributed by atoms with van der Waals surface area (Å²) in [7, 11) is 0. The van der Waals surface area contributed by atoms with Crippen LogP contribution in [0.1, 0.15) is 37.2 Å². The third-order valence-electron chi connectivity index (χ3n) is 3.86. The Bertz CT molecular complexity index is 386. The van der Waals surface area contributed by atoms with Crippen molar-refractivity contribution in [1.82, 2.24) is 10.6 Å². The molecule has 0 heterocycles. The van der Waals surface area contributed by atoms with E-state index in [9.17, 15) is 4.79 Å². The van der Waals surface area contributed by atoms with Gasteiger partial charge in [-0.15, -0.1) is 0 Å². The summed E-state index contributed by atoms with van der Waals surface area (Å²) in [5, 5.41) is 6.07. The average molecular weight is 261 g/mol. The van der Waals surface area contributed by atoms with E-state index in [1.165, 1.54) is 31.2 Å². The number of amides is 2. The van der Waals surface area contributed by atoms with Crippen LogP contribution in [0, 0.1) is 0 Å². The molecule has 104 valence electrons. The molecule has 1 saturated carbocycles. The van der Waals surface area contributed by atoms with Crippen molar-refractivity contribution in [2.75, 3.05) is 13.1 Å². The number of hydrogen-bond acceptors (Lipinski definition) is 2. The number of primary amides is 1. The molecule has 0 atom stereocenters. The molecule has 1 fully saturated rings. The SMILES string of the molecule is NC(=O)NCCNC1CCC(c2ccccc2)CC1. The molecule has 4 N–H and O–H groups in total. The van der Waals surface area contributed by atoms with Crippen LogP contribution in [-0.2, 0) is 0 Å². The van der Waals surface area contributed by atoms with Gasteiger partial charge in [0, 0.05) is 19.1 Å². The molecule has 0 bridgehead atoms. The summed E-state index contributed by atoms with van der Waals surface area (Å²) in [5.74, 6) is 0.711. The summed E-state index contributed by atoms with van der Waals surface area (Å²) < 4.78 is 0. The normalized spacial score (nSPS) is 22.9. The van der Waals surface area contributed by atoms with E-state index in [1.807, 2.05) is 0 Å². The number of nitrogens with two attached hydrogens (primary N) is 1. The molecule has 0 radical (unpaired) electrons. The van der Waals surface area contributed by atoms with Gasteiger partial charge in [0.2, 0.25) is 0 Å². The van der Waals surface area contributed by atoms with Crippen molar-refractivity contribution in [1.29, 1.82) is 0 Å². The topological polar surface area (TPSA) is 67.2 Å². The maximum absolute atomic E-state index is 10.5. The number of nitrogens with one attached hydrogen (secondary N) is 2. The first kappa shape index (κ1) is 13.9. The molecule has 0 unspecified atom stereocenters. The fourth-order valence-corrected chi connectivity index (χ4v) is 2.82.